The van der Waals surface area contributed by atoms with Crippen molar-refractivity contribution in [3.8, 4) is 22.8 Å². The van der Waals surface area contributed by atoms with Crippen LogP contribution in [0.4, 0.5) is 5.13 Å². The van der Waals surface area contributed by atoms with Crippen molar-refractivity contribution in [2.75, 3.05) is 19.5 Å². The van der Waals surface area contributed by atoms with Gasteiger partial charge in [0.1, 0.15) is 0 Å². The zero-order chi connectivity index (χ0) is 20.4. The van der Waals surface area contributed by atoms with Gasteiger partial charge in [-0.2, -0.15) is 5.10 Å². The third-order valence-electron chi connectivity index (χ3n) is 4.32. The monoisotopic (exact) mass is 408 g/mol. The number of rotatable bonds is 5. The maximum atomic E-state index is 12.7. The molecule has 2 N–H and O–H groups in total. The van der Waals surface area contributed by atoms with Crippen molar-refractivity contribution in [1.82, 2.24) is 15.2 Å². The van der Waals surface area contributed by atoms with Gasteiger partial charge in [0.2, 0.25) is 0 Å². The Balaban J connectivity index is 1.61. The first kappa shape index (κ1) is 18.6. The Morgan fingerprint density at radius 2 is 1.83 bits per heavy atom. The van der Waals surface area contributed by atoms with E-state index in [-0.39, 0.29) is 11.3 Å². The lowest BCUT2D eigenvalue weighted by Crippen LogP contribution is -2.19. The Labute approximate surface area is 169 Å². The predicted molar refractivity (Wildman–Crippen MR) is 111 cm³/mol. The van der Waals surface area contributed by atoms with Gasteiger partial charge in [0, 0.05) is 16.3 Å². The maximum Gasteiger partial charge on any atom is 0.278 e. The standard InChI is InChI=1S/C20H16N4O4S/c1-27-15-8-7-11(9-16(15)28-2)14-10-29-20(21-14)22-19(26)17-12-5-3-4-6-13(12)18(25)24-23-17/h3-10H,1-2H3,(H,24,25)(H,21,22,26). The van der Waals surface area contributed by atoms with Crippen LogP contribution in [0.1, 0.15) is 10.5 Å². The normalized spacial score (nSPS) is 10.7. The molecule has 1 amide bonds. The first-order valence-corrected chi connectivity index (χ1v) is 9.45. The number of fused-ring (bicyclic) bond motifs is 1. The summed E-state index contributed by atoms with van der Waals surface area (Å²) in [4.78, 5) is 29.1. The molecule has 0 bridgehead atoms. The highest BCUT2D eigenvalue weighted by molar-refractivity contribution is 7.14. The van der Waals surface area contributed by atoms with E-state index in [1.165, 1.54) is 11.3 Å². The van der Waals surface area contributed by atoms with Gasteiger partial charge in [-0.3, -0.25) is 14.9 Å². The molecule has 2 aromatic heterocycles. The summed E-state index contributed by atoms with van der Waals surface area (Å²) in [5.74, 6) is 0.759. The number of hydrogen-bond acceptors (Lipinski definition) is 7. The van der Waals surface area contributed by atoms with E-state index in [2.05, 4.69) is 20.5 Å². The quantitative estimate of drug-likeness (QED) is 0.525. The van der Waals surface area contributed by atoms with Crippen molar-refractivity contribution in [3.05, 3.63) is 63.9 Å². The third kappa shape index (κ3) is 3.55. The molecule has 0 saturated heterocycles. The van der Waals surface area contributed by atoms with E-state index in [0.29, 0.717) is 33.1 Å². The lowest BCUT2D eigenvalue weighted by atomic mass is 10.1. The summed E-state index contributed by atoms with van der Waals surface area (Å²) in [7, 11) is 3.14. The van der Waals surface area contributed by atoms with Crippen molar-refractivity contribution in [2.24, 2.45) is 0 Å². The molecule has 0 saturated carbocycles. The summed E-state index contributed by atoms with van der Waals surface area (Å²) in [6.45, 7) is 0. The Bertz CT molecular complexity index is 1260. The minimum atomic E-state index is -0.453. The Kier molecular flexibility index (Phi) is 4.96. The molecule has 146 valence electrons. The second kappa shape index (κ2) is 7.72. The van der Waals surface area contributed by atoms with E-state index < -0.39 is 5.91 Å². The minimum Gasteiger partial charge on any atom is -0.493 e. The Morgan fingerprint density at radius 3 is 2.59 bits per heavy atom. The lowest BCUT2D eigenvalue weighted by Gasteiger charge is -2.08. The van der Waals surface area contributed by atoms with Crippen LogP contribution in [0.3, 0.4) is 0 Å². The molecule has 0 aliphatic heterocycles. The van der Waals surface area contributed by atoms with Crippen molar-refractivity contribution in [1.29, 1.82) is 0 Å². The van der Waals surface area contributed by atoms with Gasteiger partial charge in [0.15, 0.2) is 22.3 Å². The van der Waals surface area contributed by atoms with E-state index in [4.69, 9.17) is 9.47 Å². The van der Waals surface area contributed by atoms with Gasteiger partial charge in [-0.15, -0.1) is 11.3 Å². The van der Waals surface area contributed by atoms with Crippen LogP contribution in [-0.2, 0) is 0 Å². The fraction of sp³-hybridized carbons (Fsp3) is 0.100. The third-order valence-corrected chi connectivity index (χ3v) is 5.07. The van der Waals surface area contributed by atoms with Gasteiger partial charge in [-0.05, 0) is 24.3 Å². The summed E-state index contributed by atoms with van der Waals surface area (Å²) in [5.41, 5.74) is 1.29. The van der Waals surface area contributed by atoms with E-state index in [1.54, 1.807) is 44.6 Å². The topological polar surface area (TPSA) is 106 Å². The van der Waals surface area contributed by atoms with Crippen LogP contribution in [0.2, 0.25) is 0 Å². The largest absolute Gasteiger partial charge is 0.493 e. The van der Waals surface area contributed by atoms with Gasteiger partial charge in [0.25, 0.3) is 11.5 Å². The molecule has 9 heteroatoms. The lowest BCUT2D eigenvalue weighted by molar-refractivity contribution is 0.102. The molecule has 2 aromatic carbocycles. The van der Waals surface area contributed by atoms with Crippen LogP contribution >= 0.6 is 11.3 Å². The van der Waals surface area contributed by atoms with Gasteiger partial charge in [-0.1, -0.05) is 18.2 Å². The SMILES string of the molecule is COc1ccc(-c2csc(NC(=O)c3n[nH]c(=O)c4ccccc34)n2)cc1OC. The smallest absolute Gasteiger partial charge is 0.278 e. The second-order valence-electron chi connectivity index (χ2n) is 6.01. The molecule has 8 nitrogen and oxygen atoms in total. The van der Waals surface area contributed by atoms with Crippen molar-refractivity contribution in [2.45, 2.75) is 0 Å². The van der Waals surface area contributed by atoms with Crippen LogP contribution in [0.15, 0.2) is 52.6 Å². The number of amides is 1. The summed E-state index contributed by atoms with van der Waals surface area (Å²) in [5, 5.41) is 12.1. The summed E-state index contributed by atoms with van der Waals surface area (Å²) < 4.78 is 10.6. The molecule has 0 radical (unpaired) electrons. The molecule has 0 fully saturated rings. The highest BCUT2D eigenvalue weighted by atomic mass is 32.1. The number of anilines is 1. The first-order chi connectivity index (χ1) is 14.1. The molecular weight excluding hydrogens is 392 g/mol. The molecule has 0 unspecified atom stereocenters. The molecule has 2 heterocycles. The fourth-order valence-electron chi connectivity index (χ4n) is 2.90. The number of carbonyl (C=O) groups excluding carboxylic acids is 1. The first-order valence-electron chi connectivity index (χ1n) is 8.57. The van der Waals surface area contributed by atoms with Crippen LogP contribution < -0.4 is 20.3 Å². The number of nitrogens with zero attached hydrogens (tertiary/aromatic N) is 2. The number of hydrogen-bond donors (Lipinski definition) is 2. The summed E-state index contributed by atoms with van der Waals surface area (Å²) in [6.07, 6.45) is 0. The predicted octanol–water partition coefficient (Wildman–Crippen LogP) is 3.32. The number of nitrogens with one attached hydrogen (secondary N) is 2. The fourth-order valence-corrected chi connectivity index (χ4v) is 3.62. The molecule has 4 rings (SSSR count). The van der Waals surface area contributed by atoms with Crippen LogP contribution in [0.25, 0.3) is 22.0 Å². The number of methoxy groups -OCH3 is 2. The highest BCUT2D eigenvalue weighted by Crippen LogP contribution is 2.33. The van der Waals surface area contributed by atoms with E-state index in [0.717, 1.165) is 5.56 Å². The van der Waals surface area contributed by atoms with Gasteiger partial charge >= 0.3 is 0 Å². The number of ether oxygens (including phenoxy) is 2. The highest BCUT2D eigenvalue weighted by Gasteiger charge is 2.16. The van der Waals surface area contributed by atoms with Gasteiger partial charge < -0.3 is 9.47 Å². The number of aromatic nitrogens is 3. The zero-order valence-corrected chi connectivity index (χ0v) is 16.4. The molecule has 0 aliphatic carbocycles. The van der Waals surface area contributed by atoms with Crippen LogP contribution in [0, 0.1) is 0 Å². The molecule has 4 aromatic rings. The van der Waals surface area contributed by atoms with E-state index in [1.807, 2.05) is 17.5 Å². The number of benzene rings is 2. The summed E-state index contributed by atoms with van der Waals surface area (Å²) >= 11 is 1.28. The average Bonchev–Trinajstić information content (AvgIpc) is 3.22. The molecule has 0 spiro atoms. The van der Waals surface area contributed by atoms with Gasteiger partial charge in [-0.25, -0.2) is 10.1 Å². The number of aromatic amines is 1. The van der Waals surface area contributed by atoms with Crippen molar-refractivity contribution < 1.29 is 14.3 Å². The molecule has 0 atom stereocenters. The van der Waals surface area contributed by atoms with E-state index >= 15 is 0 Å². The van der Waals surface area contributed by atoms with Gasteiger partial charge in [0.05, 0.1) is 25.3 Å². The summed E-state index contributed by atoms with van der Waals surface area (Å²) in [6, 6.07) is 12.3. The second-order valence-corrected chi connectivity index (χ2v) is 6.87. The van der Waals surface area contributed by atoms with Crippen molar-refractivity contribution in [3.63, 3.8) is 0 Å². The molecule has 0 aliphatic rings. The van der Waals surface area contributed by atoms with Crippen LogP contribution in [-0.4, -0.2) is 35.3 Å². The zero-order valence-electron chi connectivity index (χ0n) is 15.6. The van der Waals surface area contributed by atoms with Crippen molar-refractivity contribution >= 4 is 33.1 Å². The average molecular weight is 408 g/mol. The number of H-pyrrole nitrogens is 1. The Morgan fingerprint density at radius 1 is 1.07 bits per heavy atom. The Hall–Kier alpha value is -3.72. The van der Waals surface area contributed by atoms with E-state index in [9.17, 15) is 9.59 Å². The minimum absolute atomic E-state index is 0.128. The molecule has 29 heavy (non-hydrogen) atoms. The maximum absolute atomic E-state index is 12.7. The number of carbonyl (C=O) groups is 1. The molecular formula is C20H16N4O4S. The van der Waals surface area contributed by atoms with Crippen LogP contribution in [0.5, 0.6) is 11.5 Å². The number of thiazole rings is 1.